The van der Waals surface area contributed by atoms with E-state index in [9.17, 15) is 22.0 Å². The van der Waals surface area contributed by atoms with Crippen molar-refractivity contribution in [2.45, 2.75) is 13.0 Å². The van der Waals surface area contributed by atoms with E-state index in [2.05, 4.69) is 5.32 Å². The Morgan fingerprint density at radius 2 is 1.68 bits per heavy atom. The van der Waals surface area contributed by atoms with Crippen LogP contribution >= 0.6 is 0 Å². The molecule has 0 aliphatic carbocycles. The summed E-state index contributed by atoms with van der Waals surface area (Å²) < 4.78 is 52.1. The summed E-state index contributed by atoms with van der Waals surface area (Å²) in [4.78, 5) is 12.8. The number of amides is 1. The van der Waals surface area contributed by atoms with Gasteiger partial charge in [-0.05, 0) is 30.5 Å². The summed E-state index contributed by atoms with van der Waals surface area (Å²) in [7, 11) is -3.94. The van der Waals surface area contributed by atoms with Crippen molar-refractivity contribution in [3.05, 3.63) is 72.3 Å². The number of nitrogens with zero attached hydrogens (tertiary/aromatic N) is 1. The van der Waals surface area contributed by atoms with Crippen LogP contribution in [0.2, 0.25) is 0 Å². The van der Waals surface area contributed by atoms with Crippen molar-refractivity contribution in [3.63, 3.8) is 0 Å². The lowest BCUT2D eigenvalue weighted by Gasteiger charge is -2.28. The Kier molecular flexibility index (Phi) is 5.33. The van der Waals surface area contributed by atoms with Gasteiger partial charge in [-0.2, -0.15) is 0 Å². The Morgan fingerprint density at radius 1 is 1.00 bits per heavy atom. The van der Waals surface area contributed by atoms with Crippen LogP contribution in [-0.2, 0) is 14.8 Å². The SMILES string of the molecule is C[C@@H](C(=O)Nc1cccc2ccccc12)N(c1ccc(F)c(F)c1)S(C)(=O)=O. The van der Waals surface area contributed by atoms with E-state index in [-0.39, 0.29) is 5.69 Å². The third-order valence-electron chi connectivity index (χ3n) is 4.29. The van der Waals surface area contributed by atoms with Crippen LogP contribution in [0, 0.1) is 11.6 Å². The van der Waals surface area contributed by atoms with Gasteiger partial charge < -0.3 is 5.32 Å². The number of benzene rings is 3. The van der Waals surface area contributed by atoms with E-state index in [4.69, 9.17) is 0 Å². The highest BCUT2D eigenvalue weighted by atomic mass is 32.2. The molecular weight excluding hydrogens is 386 g/mol. The van der Waals surface area contributed by atoms with Crippen molar-refractivity contribution >= 4 is 38.1 Å². The smallest absolute Gasteiger partial charge is 0.248 e. The molecule has 0 radical (unpaired) electrons. The standard InChI is InChI=1S/C20H18F2N2O3S/c1-13(24(28(2,26)27)15-10-11-17(21)18(22)12-15)20(25)23-19-9-5-7-14-6-3-4-8-16(14)19/h3-13H,1-2H3,(H,23,25)/t13-/m0/s1. The van der Waals surface area contributed by atoms with E-state index in [1.807, 2.05) is 30.3 Å². The summed E-state index contributed by atoms with van der Waals surface area (Å²) in [5.74, 6) is -2.91. The van der Waals surface area contributed by atoms with Crippen molar-refractivity contribution in [2.75, 3.05) is 15.9 Å². The van der Waals surface area contributed by atoms with Crippen LogP contribution in [0.1, 0.15) is 6.92 Å². The second-order valence-corrected chi connectivity index (χ2v) is 8.21. The van der Waals surface area contributed by atoms with Gasteiger partial charge in [0.15, 0.2) is 11.6 Å². The molecule has 0 unspecified atom stereocenters. The average molecular weight is 404 g/mol. The summed E-state index contributed by atoms with van der Waals surface area (Å²) in [6.45, 7) is 1.38. The van der Waals surface area contributed by atoms with Crippen molar-refractivity contribution < 1.29 is 22.0 Å². The Labute approximate surface area is 161 Å². The normalized spacial score (nSPS) is 12.6. The molecule has 0 heterocycles. The molecule has 0 fully saturated rings. The lowest BCUT2D eigenvalue weighted by Crippen LogP contribution is -2.45. The Morgan fingerprint density at radius 3 is 2.36 bits per heavy atom. The lowest BCUT2D eigenvalue weighted by atomic mass is 10.1. The second kappa shape index (κ2) is 7.55. The van der Waals surface area contributed by atoms with E-state index in [1.165, 1.54) is 6.92 Å². The highest BCUT2D eigenvalue weighted by Crippen LogP contribution is 2.26. The molecule has 0 spiro atoms. The van der Waals surface area contributed by atoms with Gasteiger partial charge in [0.2, 0.25) is 15.9 Å². The van der Waals surface area contributed by atoms with Crippen LogP contribution in [0.15, 0.2) is 60.7 Å². The highest BCUT2D eigenvalue weighted by Gasteiger charge is 2.30. The van der Waals surface area contributed by atoms with Gasteiger partial charge in [0.05, 0.1) is 11.9 Å². The number of rotatable bonds is 5. The number of hydrogen-bond acceptors (Lipinski definition) is 3. The minimum Gasteiger partial charge on any atom is -0.324 e. The number of halogens is 2. The first kappa shape index (κ1) is 19.8. The molecule has 0 aliphatic rings. The summed E-state index contributed by atoms with van der Waals surface area (Å²) in [6, 6.07) is 14.3. The summed E-state index contributed by atoms with van der Waals surface area (Å²) >= 11 is 0. The van der Waals surface area contributed by atoms with Crippen LogP contribution in [0.25, 0.3) is 10.8 Å². The number of hydrogen-bond donors (Lipinski definition) is 1. The first-order chi connectivity index (χ1) is 13.2. The topological polar surface area (TPSA) is 66.5 Å². The zero-order chi connectivity index (χ0) is 20.5. The Bertz CT molecular complexity index is 1140. The largest absolute Gasteiger partial charge is 0.324 e. The number of sulfonamides is 1. The lowest BCUT2D eigenvalue weighted by molar-refractivity contribution is -0.116. The van der Waals surface area contributed by atoms with Gasteiger partial charge in [-0.3, -0.25) is 9.10 Å². The molecular formula is C20H18F2N2O3S. The molecule has 0 aromatic heterocycles. The minimum absolute atomic E-state index is 0.137. The molecule has 0 aliphatic heterocycles. The third-order valence-corrected chi connectivity index (χ3v) is 5.54. The molecule has 28 heavy (non-hydrogen) atoms. The fourth-order valence-corrected chi connectivity index (χ4v) is 4.17. The number of fused-ring (bicyclic) bond motifs is 1. The predicted molar refractivity (Wildman–Crippen MR) is 106 cm³/mol. The fourth-order valence-electron chi connectivity index (χ4n) is 3.00. The van der Waals surface area contributed by atoms with Gasteiger partial charge in [0.1, 0.15) is 6.04 Å². The van der Waals surface area contributed by atoms with Crippen molar-refractivity contribution in [1.29, 1.82) is 0 Å². The van der Waals surface area contributed by atoms with E-state index < -0.39 is 33.6 Å². The molecule has 3 aromatic rings. The van der Waals surface area contributed by atoms with Crippen LogP contribution in [0.3, 0.4) is 0 Å². The molecule has 0 saturated carbocycles. The maximum absolute atomic E-state index is 13.6. The van der Waals surface area contributed by atoms with Crippen LogP contribution < -0.4 is 9.62 Å². The molecule has 146 valence electrons. The molecule has 1 atom stereocenters. The monoisotopic (exact) mass is 404 g/mol. The molecule has 0 bridgehead atoms. The Balaban J connectivity index is 1.95. The van der Waals surface area contributed by atoms with E-state index in [0.29, 0.717) is 5.69 Å². The van der Waals surface area contributed by atoms with Gasteiger partial charge in [0.25, 0.3) is 0 Å². The summed E-state index contributed by atoms with van der Waals surface area (Å²) in [6.07, 6.45) is 0.899. The quantitative estimate of drug-likeness (QED) is 0.701. The number of carbonyl (C=O) groups excluding carboxylic acids is 1. The first-order valence-electron chi connectivity index (χ1n) is 8.41. The molecule has 5 nitrogen and oxygen atoms in total. The van der Waals surface area contributed by atoms with Gasteiger partial charge in [-0.15, -0.1) is 0 Å². The number of anilines is 2. The van der Waals surface area contributed by atoms with Crippen LogP contribution in [-0.4, -0.2) is 26.6 Å². The van der Waals surface area contributed by atoms with Gasteiger partial charge in [-0.1, -0.05) is 36.4 Å². The highest BCUT2D eigenvalue weighted by molar-refractivity contribution is 7.92. The van der Waals surface area contributed by atoms with Gasteiger partial charge >= 0.3 is 0 Å². The number of nitrogens with one attached hydrogen (secondary N) is 1. The van der Waals surface area contributed by atoms with E-state index in [0.717, 1.165) is 39.5 Å². The van der Waals surface area contributed by atoms with Crippen LogP contribution in [0.5, 0.6) is 0 Å². The molecule has 1 amide bonds. The summed E-state index contributed by atoms with van der Waals surface area (Å²) in [5.41, 5.74) is 0.385. The maximum atomic E-state index is 13.6. The van der Waals surface area contributed by atoms with Gasteiger partial charge in [0, 0.05) is 17.1 Å². The first-order valence-corrected chi connectivity index (χ1v) is 10.3. The van der Waals surface area contributed by atoms with Crippen molar-refractivity contribution in [1.82, 2.24) is 0 Å². The van der Waals surface area contributed by atoms with Crippen LogP contribution in [0.4, 0.5) is 20.2 Å². The summed E-state index contributed by atoms with van der Waals surface area (Å²) in [5, 5.41) is 4.43. The molecule has 3 aromatic carbocycles. The molecule has 8 heteroatoms. The van der Waals surface area contributed by atoms with E-state index in [1.54, 1.807) is 12.1 Å². The maximum Gasteiger partial charge on any atom is 0.248 e. The molecule has 1 N–H and O–H groups in total. The zero-order valence-electron chi connectivity index (χ0n) is 15.2. The minimum atomic E-state index is -3.94. The second-order valence-electron chi connectivity index (χ2n) is 6.35. The fraction of sp³-hybridized carbons (Fsp3) is 0.150. The zero-order valence-corrected chi connectivity index (χ0v) is 16.0. The molecule has 3 rings (SSSR count). The van der Waals surface area contributed by atoms with Crippen molar-refractivity contribution in [2.24, 2.45) is 0 Å². The Hall–Kier alpha value is -3.00. The van der Waals surface area contributed by atoms with Crippen molar-refractivity contribution in [3.8, 4) is 0 Å². The number of carbonyl (C=O) groups is 1. The third kappa shape index (κ3) is 3.96. The average Bonchev–Trinajstić information content (AvgIpc) is 2.64. The van der Waals surface area contributed by atoms with Gasteiger partial charge in [-0.25, -0.2) is 17.2 Å². The molecule has 0 saturated heterocycles. The predicted octanol–water partition coefficient (Wildman–Crippen LogP) is 3.91. The van der Waals surface area contributed by atoms with E-state index >= 15 is 0 Å².